The summed E-state index contributed by atoms with van der Waals surface area (Å²) in [7, 11) is 0. The van der Waals surface area contributed by atoms with E-state index in [9.17, 15) is 0 Å². The fraction of sp³-hybridized carbons (Fsp3) is 0. The predicted molar refractivity (Wildman–Crippen MR) is 225 cm³/mol. The highest BCUT2D eigenvalue weighted by Crippen LogP contribution is 2.40. The van der Waals surface area contributed by atoms with E-state index in [0.717, 1.165) is 0 Å². The third-order valence-corrected chi connectivity index (χ3v) is 11.2. The molecule has 0 aliphatic carbocycles. The first-order chi connectivity index (χ1) is 25.7. The standard InChI is InChI=1S/C52H32/c1-2-11-35-27-36(18-17-33(35)9-1)40-29-41(37-20-23-44-39(28-37)22-26-49-43-12-4-3-10-34(43)19-24-50(44)49)31-42(30-40)38-21-25-51-47-15-6-5-13-45(47)46-14-7-8-16-48(46)52(51)32-38/h1-32H. The number of rotatable bonds is 3. The van der Waals surface area contributed by atoms with Gasteiger partial charge in [-0.3, -0.25) is 0 Å². The summed E-state index contributed by atoms with van der Waals surface area (Å²) in [6.45, 7) is 0. The van der Waals surface area contributed by atoms with Crippen LogP contribution >= 0.6 is 0 Å². The van der Waals surface area contributed by atoms with Crippen LogP contribution in [0.3, 0.4) is 0 Å². The first-order valence-corrected chi connectivity index (χ1v) is 18.1. The molecule has 0 bridgehead atoms. The lowest BCUT2D eigenvalue weighted by Crippen LogP contribution is -1.89. The summed E-state index contributed by atoms with van der Waals surface area (Å²) in [5.74, 6) is 0. The molecule has 0 spiro atoms. The lowest BCUT2D eigenvalue weighted by Gasteiger charge is -2.15. The predicted octanol–water partition coefficient (Wildman–Crippen LogP) is 14.8. The van der Waals surface area contributed by atoms with Gasteiger partial charge in [0, 0.05) is 0 Å². The van der Waals surface area contributed by atoms with Crippen molar-refractivity contribution in [2.75, 3.05) is 0 Å². The summed E-state index contributed by atoms with van der Waals surface area (Å²) in [5.41, 5.74) is 7.29. The molecule has 240 valence electrons. The Morgan fingerprint density at radius 3 is 1.13 bits per heavy atom. The second kappa shape index (κ2) is 11.4. The molecule has 0 heteroatoms. The number of fused-ring (bicyclic) bond motifs is 12. The van der Waals surface area contributed by atoms with Crippen molar-refractivity contribution >= 4 is 75.4 Å². The minimum absolute atomic E-state index is 1.21. The molecule has 0 aliphatic heterocycles. The van der Waals surface area contributed by atoms with Gasteiger partial charge in [0.1, 0.15) is 0 Å². The van der Waals surface area contributed by atoms with Gasteiger partial charge >= 0.3 is 0 Å². The van der Waals surface area contributed by atoms with Gasteiger partial charge in [0.2, 0.25) is 0 Å². The molecule has 11 rings (SSSR count). The average Bonchev–Trinajstić information content (AvgIpc) is 3.22. The van der Waals surface area contributed by atoms with E-state index in [-0.39, 0.29) is 0 Å². The molecule has 0 fully saturated rings. The minimum Gasteiger partial charge on any atom is -0.0616 e. The maximum Gasteiger partial charge on any atom is -0.00928 e. The molecule has 0 unspecified atom stereocenters. The van der Waals surface area contributed by atoms with E-state index in [1.807, 2.05) is 0 Å². The van der Waals surface area contributed by atoms with Gasteiger partial charge in [-0.1, -0.05) is 158 Å². The molecule has 0 atom stereocenters. The SMILES string of the molecule is c1ccc2cc(-c3cc(-c4ccc5c(ccc6c7ccccc7ccc56)c4)cc(-c4ccc5c6ccccc6c6ccccc6c5c4)c3)ccc2c1. The highest BCUT2D eigenvalue weighted by molar-refractivity contribution is 6.26. The van der Waals surface area contributed by atoms with E-state index in [0.29, 0.717) is 0 Å². The zero-order valence-corrected chi connectivity index (χ0v) is 28.5. The Labute approximate surface area is 301 Å². The molecule has 0 aromatic heterocycles. The summed E-state index contributed by atoms with van der Waals surface area (Å²) in [6, 6.07) is 72.1. The first-order valence-electron chi connectivity index (χ1n) is 18.1. The van der Waals surface area contributed by atoms with Gasteiger partial charge in [-0.05, 0) is 145 Å². The van der Waals surface area contributed by atoms with Crippen molar-refractivity contribution < 1.29 is 0 Å². The van der Waals surface area contributed by atoms with E-state index in [4.69, 9.17) is 0 Å². The topological polar surface area (TPSA) is 0 Å². The van der Waals surface area contributed by atoms with Crippen LogP contribution in [0.15, 0.2) is 194 Å². The van der Waals surface area contributed by atoms with Crippen molar-refractivity contribution in [3.05, 3.63) is 194 Å². The second-order valence-corrected chi connectivity index (χ2v) is 14.1. The lowest BCUT2D eigenvalue weighted by molar-refractivity contribution is 1.59. The Morgan fingerprint density at radius 1 is 0.154 bits per heavy atom. The molecule has 0 heterocycles. The fourth-order valence-electron chi connectivity index (χ4n) is 8.59. The second-order valence-electron chi connectivity index (χ2n) is 14.1. The number of hydrogen-bond donors (Lipinski definition) is 0. The maximum absolute atomic E-state index is 2.41. The minimum atomic E-state index is 1.21. The third kappa shape index (κ3) is 4.55. The van der Waals surface area contributed by atoms with E-state index in [2.05, 4.69) is 194 Å². The molecule has 0 aliphatic rings. The monoisotopic (exact) mass is 656 g/mol. The lowest BCUT2D eigenvalue weighted by atomic mass is 9.89. The van der Waals surface area contributed by atoms with Gasteiger partial charge in [0.05, 0.1) is 0 Å². The van der Waals surface area contributed by atoms with E-state index in [1.54, 1.807) is 0 Å². The van der Waals surface area contributed by atoms with Crippen molar-refractivity contribution in [1.82, 2.24) is 0 Å². The Kier molecular flexibility index (Phi) is 6.35. The van der Waals surface area contributed by atoms with E-state index >= 15 is 0 Å². The summed E-state index contributed by atoms with van der Waals surface area (Å²) in [5, 5.41) is 18.0. The van der Waals surface area contributed by atoms with Crippen molar-refractivity contribution in [2.45, 2.75) is 0 Å². The molecule has 0 radical (unpaired) electrons. The summed E-state index contributed by atoms with van der Waals surface area (Å²) < 4.78 is 0. The van der Waals surface area contributed by atoms with Crippen LogP contribution in [0.25, 0.3) is 109 Å². The quantitative estimate of drug-likeness (QED) is 0.166. The molecule has 0 saturated heterocycles. The van der Waals surface area contributed by atoms with E-state index in [1.165, 1.54) is 109 Å². The molecule has 0 nitrogen and oxygen atoms in total. The highest BCUT2D eigenvalue weighted by atomic mass is 14.2. The fourth-order valence-corrected chi connectivity index (χ4v) is 8.59. The highest BCUT2D eigenvalue weighted by Gasteiger charge is 2.13. The van der Waals surface area contributed by atoms with Crippen LogP contribution < -0.4 is 0 Å². The van der Waals surface area contributed by atoms with Crippen LogP contribution in [0.1, 0.15) is 0 Å². The normalized spacial score (nSPS) is 11.8. The van der Waals surface area contributed by atoms with Crippen molar-refractivity contribution in [2.24, 2.45) is 0 Å². The van der Waals surface area contributed by atoms with Crippen LogP contribution in [-0.2, 0) is 0 Å². The summed E-state index contributed by atoms with van der Waals surface area (Å²) in [4.78, 5) is 0. The van der Waals surface area contributed by atoms with Crippen LogP contribution in [0, 0.1) is 0 Å². The smallest absolute Gasteiger partial charge is 0.00928 e. The number of hydrogen-bond acceptors (Lipinski definition) is 0. The average molecular weight is 657 g/mol. The van der Waals surface area contributed by atoms with Gasteiger partial charge in [-0.15, -0.1) is 0 Å². The molecule has 0 N–H and O–H groups in total. The van der Waals surface area contributed by atoms with Gasteiger partial charge < -0.3 is 0 Å². The van der Waals surface area contributed by atoms with Crippen LogP contribution in [0.2, 0.25) is 0 Å². The van der Waals surface area contributed by atoms with Gasteiger partial charge in [-0.25, -0.2) is 0 Å². The molecular formula is C52H32. The van der Waals surface area contributed by atoms with Crippen LogP contribution in [-0.4, -0.2) is 0 Å². The molecule has 0 amide bonds. The summed E-state index contributed by atoms with van der Waals surface area (Å²) in [6.07, 6.45) is 0. The van der Waals surface area contributed by atoms with Gasteiger partial charge in [-0.2, -0.15) is 0 Å². The van der Waals surface area contributed by atoms with Crippen molar-refractivity contribution in [3.8, 4) is 33.4 Å². The van der Waals surface area contributed by atoms with Crippen molar-refractivity contribution in [1.29, 1.82) is 0 Å². The Bertz CT molecular complexity index is 3200. The van der Waals surface area contributed by atoms with Gasteiger partial charge in [0.15, 0.2) is 0 Å². The molecule has 11 aromatic carbocycles. The molecule has 11 aromatic rings. The van der Waals surface area contributed by atoms with Crippen LogP contribution in [0.5, 0.6) is 0 Å². The van der Waals surface area contributed by atoms with Crippen molar-refractivity contribution in [3.63, 3.8) is 0 Å². The summed E-state index contributed by atoms with van der Waals surface area (Å²) >= 11 is 0. The van der Waals surface area contributed by atoms with Crippen LogP contribution in [0.4, 0.5) is 0 Å². The Balaban J connectivity index is 1.13. The third-order valence-electron chi connectivity index (χ3n) is 11.2. The zero-order chi connectivity index (χ0) is 34.2. The number of benzene rings is 11. The molecule has 0 saturated carbocycles. The first kappa shape index (κ1) is 29.0. The maximum atomic E-state index is 2.41. The Morgan fingerprint density at radius 2 is 0.500 bits per heavy atom. The zero-order valence-electron chi connectivity index (χ0n) is 28.5. The Hall–Kier alpha value is -6.76. The van der Waals surface area contributed by atoms with Gasteiger partial charge in [0.25, 0.3) is 0 Å². The largest absolute Gasteiger partial charge is 0.0616 e. The molecule has 52 heavy (non-hydrogen) atoms. The van der Waals surface area contributed by atoms with E-state index < -0.39 is 0 Å². The molecular weight excluding hydrogens is 625 g/mol.